The summed E-state index contributed by atoms with van der Waals surface area (Å²) in [5, 5.41) is 10.0. The summed E-state index contributed by atoms with van der Waals surface area (Å²) in [7, 11) is 1.64. The van der Waals surface area contributed by atoms with Crippen LogP contribution < -0.4 is 4.74 Å². The molecule has 0 saturated heterocycles. The predicted octanol–water partition coefficient (Wildman–Crippen LogP) is 3.30. The number of methoxy groups -OCH3 is 1. The Morgan fingerprint density at radius 2 is 2.14 bits per heavy atom. The van der Waals surface area contributed by atoms with Crippen molar-refractivity contribution >= 4 is 16.9 Å². The lowest BCUT2D eigenvalue weighted by molar-refractivity contribution is 0.0661. The Morgan fingerprint density at radius 1 is 1.33 bits per heavy atom. The number of benzene rings is 1. The van der Waals surface area contributed by atoms with Crippen LogP contribution in [0.1, 0.15) is 21.9 Å². The van der Waals surface area contributed by atoms with Crippen LogP contribution in [0.5, 0.6) is 5.75 Å². The number of carboxylic acid groups (broad SMARTS) is 1. The van der Waals surface area contributed by atoms with Crippen molar-refractivity contribution in [3.05, 3.63) is 53.6 Å². The lowest BCUT2D eigenvalue weighted by Gasteiger charge is -2.05. The SMILES string of the molecule is COc1ccc2c(ccn2Cc2cc(C(=O)O)oc2C)c1. The summed E-state index contributed by atoms with van der Waals surface area (Å²) in [6, 6.07) is 9.45. The number of aromatic carboxylic acids is 1. The normalized spacial score (nSPS) is 11.0. The van der Waals surface area contributed by atoms with Crippen LogP contribution in [0.2, 0.25) is 0 Å². The van der Waals surface area contributed by atoms with Crippen molar-refractivity contribution in [1.82, 2.24) is 4.57 Å². The van der Waals surface area contributed by atoms with Gasteiger partial charge in [0.25, 0.3) is 0 Å². The number of nitrogens with zero attached hydrogens (tertiary/aromatic N) is 1. The predicted molar refractivity (Wildman–Crippen MR) is 78.0 cm³/mol. The van der Waals surface area contributed by atoms with Gasteiger partial charge in [0, 0.05) is 22.7 Å². The Hall–Kier alpha value is -2.69. The van der Waals surface area contributed by atoms with Gasteiger partial charge in [0.05, 0.1) is 13.7 Å². The van der Waals surface area contributed by atoms with Gasteiger partial charge in [-0.2, -0.15) is 0 Å². The van der Waals surface area contributed by atoms with E-state index in [1.54, 1.807) is 20.1 Å². The molecule has 0 aliphatic carbocycles. The lowest BCUT2D eigenvalue weighted by atomic mass is 10.2. The average molecular weight is 285 g/mol. The molecule has 0 fully saturated rings. The Kier molecular flexibility index (Phi) is 3.17. The molecular formula is C16H15NO4. The molecule has 1 aromatic carbocycles. The Balaban J connectivity index is 1.96. The highest BCUT2D eigenvalue weighted by molar-refractivity contribution is 5.85. The van der Waals surface area contributed by atoms with Crippen LogP contribution in [0.4, 0.5) is 0 Å². The molecule has 3 rings (SSSR count). The molecule has 3 aromatic rings. The summed E-state index contributed by atoms with van der Waals surface area (Å²) < 4.78 is 12.5. The van der Waals surface area contributed by atoms with Gasteiger partial charge in [-0.1, -0.05) is 0 Å². The van der Waals surface area contributed by atoms with E-state index in [1.807, 2.05) is 30.5 Å². The standard InChI is InChI=1S/C16H15NO4/c1-10-12(8-15(21-10)16(18)19)9-17-6-5-11-7-13(20-2)3-4-14(11)17/h3-8H,9H2,1-2H3,(H,18,19). The van der Waals surface area contributed by atoms with E-state index in [2.05, 4.69) is 4.57 Å². The molecule has 21 heavy (non-hydrogen) atoms. The maximum absolute atomic E-state index is 10.9. The number of hydrogen-bond acceptors (Lipinski definition) is 3. The summed E-state index contributed by atoms with van der Waals surface area (Å²) in [5.41, 5.74) is 1.92. The molecule has 0 aliphatic heterocycles. The van der Waals surface area contributed by atoms with Crippen LogP contribution in [-0.2, 0) is 6.54 Å². The van der Waals surface area contributed by atoms with Gasteiger partial charge in [-0.25, -0.2) is 4.79 Å². The molecule has 5 heteroatoms. The van der Waals surface area contributed by atoms with Gasteiger partial charge in [-0.3, -0.25) is 0 Å². The first-order chi connectivity index (χ1) is 10.1. The lowest BCUT2D eigenvalue weighted by Crippen LogP contribution is -1.98. The van der Waals surface area contributed by atoms with E-state index >= 15 is 0 Å². The summed E-state index contributed by atoms with van der Waals surface area (Å²) in [6.07, 6.45) is 1.97. The fourth-order valence-corrected chi connectivity index (χ4v) is 2.41. The van der Waals surface area contributed by atoms with Crippen molar-refractivity contribution in [3.8, 4) is 5.75 Å². The molecule has 2 aromatic heterocycles. The van der Waals surface area contributed by atoms with E-state index in [9.17, 15) is 4.79 Å². The van der Waals surface area contributed by atoms with Crippen LogP contribution in [0.3, 0.4) is 0 Å². The van der Waals surface area contributed by atoms with Gasteiger partial charge in [-0.05, 0) is 37.3 Å². The van der Waals surface area contributed by atoms with Gasteiger partial charge in [0.2, 0.25) is 5.76 Å². The highest BCUT2D eigenvalue weighted by Gasteiger charge is 2.14. The van der Waals surface area contributed by atoms with E-state index in [0.717, 1.165) is 22.2 Å². The number of carbonyl (C=O) groups is 1. The van der Waals surface area contributed by atoms with Gasteiger partial charge in [0.1, 0.15) is 11.5 Å². The van der Waals surface area contributed by atoms with E-state index in [1.165, 1.54) is 0 Å². The number of hydrogen-bond donors (Lipinski definition) is 1. The van der Waals surface area contributed by atoms with Crippen LogP contribution in [-0.4, -0.2) is 22.8 Å². The topological polar surface area (TPSA) is 64.6 Å². The largest absolute Gasteiger partial charge is 0.497 e. The number of aryl methyl sites for hydroxylation is 1. The number of furan rings is 1. The molecule has 0 saturated carbocycles. The van der Waals surface area contributed by atoms with E-state index in [4.69, 9.17) is 14.3 Å². The van der Waals surface area contributed by atoms with Crippen molar-refractivity contribution in [1.29, 1.82) is 0 Å². The molecule has 0 bridgehead atoms. The average Bonchev–Trinajstić information content (AvgIpc) is 3.03. The van der Waals surface area contributed by atoms with Crippen molar-refractivity contribution < 1.29 is 19.1 Å². The van der Waals surface area contributed by atoms with Crippen molar-refractivity contribution in [2.75, 3.05) is 7.11 Å². The fourth-order valence-electron chi connectivity index (χ4n) is 2.41. The first-order valence-electron chi connectivity index (χ1n) is 6.54. The third-order valence-electron chi connectivity index (χ3n) is 3.55. The minimum Gasteiger partial charge on any atom is -0.497 e. The second-order valence-electron chi connectivity index (χ2n) is 4.87. The highest BCUT2D eigenvalue weighted by atomic mass is 16.5. The van der Waals surface area contributed by atoms with Gasteiger partial charge >= 0.3 is 5.97 Å². The molecule has 0 atom stereocenters. The molecule has 2 heterocycles. The van der Waals surface area contributed by atoms with Crippen LogP contribution >= 0.6 is 0 Å². The number of ether oxygens (including phenoxy) is 1. The molecular weight excluding hydrogens is 270 g/mol. The molecule has 0 aliphatic rings. The zero-order valence-electron chi connectivity index (χ0n) is 11.8. The van der Waals surface area contributed by atoms with Gasteiger partial charge in [-0.15, -0.1) is 0 Å². The zero-order valence-corrected chi connectivity index (χ0v) is 11.8. The quantitative estimate of drug-likeness (QED) is 0.798. The first-order valence-corrected chi connectivity index (χ1v) is 6.54. The van der Waals surface area contributed by atoms with Crippen molar-refractivity contribution in [2.24, 2.45) is 0 Å². The van der Waals surface area contributed by atoms with Gasteiger partial charge < -0.3 is 18.8 Å². The summed E-state index contributed by atoms with van der Waals surface area (Å²) in [6.45, 7) is 2.34. The number of fused-ring (bicyclic) bond motifs is 1. The minimum absolute atomic E-state index is 0.0272. The number of aromatic nitrogens is 1. The maximum atomic E-state index is 10.9. The summed E-state index contributed by atoms with van der Waals surface area (Å²) in [4.78, 5) is 10.9. The molecule has 0 amide bonds. The van der Waals surface area contributed by atoms with E-state index < -0.39 is 5.97 Å². The van der Waals surface area contributed by atoms with Crippen LogP contribution in [0.25, 0.3) is 10.9 Å². The monoisotopic (exact) mass is 285 g/mol. The molecule has 5 nitrogen and oxygen atoms in total. The zero-order chi connectivity index (χ0) is 15.0. The van der Waals surface area contributed by atoms with E-state index in [-0.39, 0.29) is 5.76 Å². The summed E-state index contributed by atoms with van der Waals surface area (Å²) in [5.74, 6) is 0.364. The third kappa shape index (κ3) is 2.38. The molecule has 0 spiro atoms. The second kappa shape index (κ2) is 5.01. The molecule has 0 unspecified atom stereocenters. The van der Waals surface area contributed by atoms with E-state index in [0.29, 0.717) is 12.3 Å². The Bertz CT molecular complexity index is 813. The third-order valence-corrected chi connectivity index (χ3v) is 3.55. The number of carboxylic acids is 1. The smallest absolute Gasteiger partial charge is 0.371 e. The first kappa shape index (κ1) is 13.3. The second-order valence-corrected chi connectivity index (χ2v) is 4.87. The van der Waals surface area contributed by atoms with Crippen molar-refractivity contribution in [2.45, 2.75) is 13.5 Å². The van der Waals surface area contributed by atoms with Gasteiger partial charge in [0.15, 0.2) is 0 Å². The maximum Gasteiger partial charge on any atom is 0.371 e. The summed E-state index contributed by atoms with van der Waals surface area (Å²) >= 11 is 0. The van der Waals surface area contributed by atoms with Crippen molar-refractivity contribution in [3.63, 3.8) is 0 Å². The number of rotatable bonds is 4. The Labute approximate surface area is 121 Å². The molecule has 0 radical (unpaired) electrons. The van der Waals surface area contributed by atoms with Crippen LogP contribution in [0, 0.1) is 6.92 Å². The molecule has 1 N–H and O–H groups in total. The highest BCUT2D eigenvalue weighted by Crippen LogP contribution is 2.24. The Morgan fingerprint density at radius 3 is 2.81 bits per heavy atom. The minimum atomic E-state index is -1.05. The molecule has 108 valence electrons. The van der Waals surface area contributed by atoms with Crippen LogP contribution in [0.15, 0.2) is 40.9 Å². The fraction of sp³-hybridized carbons (Fsp3) is 0.188.